The van der Waals surface area contributed by atoms with Gasteiger partial charge in [-0.3, -0.25) is 4.79 Å². The largest absolute Gasteiger partial charge is 1.00 e. The van der Waals surface area contributed by atoms with Crippen LogP contribution in [0.2, 0.25) is 0 Å². The summed E-state index contributed by atoms with van der Waals surface area (Å²) in [6, 6.07) is 21.4. The molecule has 0 bridgehead atoms. The molecular formula is C48H55K2N3O14S4. The van der Waals surface area contributed by atoms with Crippen LogP contribution in [0.3, 0.4) is 0 Å². The average molecular weight is 1100 g/mol. The predicted octanol–water partition coefficient (Wildman–Crippen LogP) is 0.0283. The van der Waals surface area contributed by atoms with Crippen molar-refractivity contribution in [1.29, 1.82) is 0 Å². The molecule has 0 radical (unpaired) electrons. The molecule has 372 valence electrons. The number of carbonyl (C=O) groups excluding carboxylic acids is 1. The van der Waals surface area contributed by atoms with Gasteiger partial charge in [-0.15, -0.1) is 31.3 Å². The third kappa shape index (κ3) is 18.4. The van der Waals surface area contributed by atoms with E-state index in [1.807, 2.05) is 56.3 Å². The van der Waals surface area contributed by atoms with Crippen LogP contribution in [-0.4, -0.2) is 92.8 Å². The zero-order valence-electron chi connectivity index (χ0n) is 41.1. The Labute approximate surface area is 505 Å². The van der Waals surface area contributed by atoms with Crippen molar-refractivity contribution in [3.05, 3.63) is 142 Å². The van der Waals surface area contributed by atoms with Gasteiger partial charge in [0.2, 0.25) is 5.91 Å². The first kappa shape index (κ1) is 64.5. The number of ether oxygens (including phenoxy) is 1. The molecule has 0 saturated heterocycles. The second-order valence-corrected chi connectivity index (χ2v) is 21.1. The van der Waals surface area contributed by atoms with E-state index in [2.05, 4.69) is 72.5 Å². The first-order chi connectivity index (χ1) is 32.2. The van der Waals surface area contributed by atoms with Crippen LogP contribution < -0.4 is 118 Å². The van der Waals surface area contributed by atoms with E-state index in [0.717, 1.165) is 76.3 Å². The molecule has 0 spiro atoms. The smallest absolute Gasteiger partial charge is 0.748 e. The predicted molar refractivity (Wildman–Crippen MR) is 257 cm³/mol. The van der Waals surface area contributed by atoms with E-state index < -0.39 is 58.0 Å². The molecule has 3 aromatic rings. The van der Waals surface area contributed by atoms with Gasteiger partial charge in [0.15, 0.2) is 5.71 Å². The molecular weight excluding hydrogens is 1050 g/mol. The summed E-state index contributed by atoms with van der Waals surface area (Å²) in [5.41, 5.74) is 7.94. The molecule has 2 heterocycles. The van der Waals surface area contributed by atoms with Crippen LogP contribution >= 0.6 is 0 Å². The molecule has 0 fully saturated rings. The molecule has 23 heteroatoms. The summed E-state index contributed by atoms with van der Waals surface area (Å²) < 4.78 is 130. The Morgan fingerprint density at radius 1 is 0.901 bits per heavy atom. The number of benzene rings is 3. The maximum atomic E-state index is 12.0. The van der Waals surface area contributed by atoms with E-state index in [1.54, 1.807) is 13.0 Å². The normalized spacial score (nSPS) is 16.6. The van der Waals surface area contributed by atoms with Gasteiger partial charge in [-0.1, -0.05) is 65.0 Å². The number of hydrogen-bond donors (Lipinski definition) is 1. The van der Waals surface area contributed by atoms with Gasteiger partial charge in [-0.2, -0.15) is 18.2 Å². The van der Waals surface area contributed by atoms with Gasteiger partial charge in [-0.05, 0) is 104 Å². The molecule has 0 atom stereocenters. The van der Waals surface area contributed by atoms with Gasteiger partial charge in [0.1, 0.15) is 33.9 Å². The van der Waals surface area contributed by atoms with E-state index in [0.29, 0.717) is 43.1 Å². The summed E-state index contributed by atoms with van der Waals surface area (Å²) in [6.45, 7) is 17.3. The minimum atomic E-state index is -4.65. The average Bonchev–Trinajstić information content (AvgIpc) is 3.59. The standard InChI is InChI=1S/C48H57N3O8S2.2K.2O3S/c1-8-29-50-42-24-23-38(61(56,57)58)32-40(42)48(6,7)44(50)26-20-36-14-11-13-35(45(36)59-37-21-17-34(18-22-37)27-28-49-46(52)33(2)3)19-25-43-47(4,5)39-15-9-10-16-41(39)51(43)30-12-31-60(53,54)55;;;2*1-4(2)3/h10,15-26,32H,2,8,11-14,27-31H2,1,3-7H3,(H,49,52)(H,53,54,55)(H,56,57,58);;;;/q;2*+1;;/p-2. The molecule has 0 aromatic heterocycles. The topological polar surface area (TPSA) is 261 Å². The Morgan fingerprint density at radius 2 is 1.54 bits per heavy atom. The summed E-state index contributed by atoms with van der Waals surface area (Å²) in [5.74, 6) is 0.713. The molecule has 1 aliphatic carbocycles. The number of anilines is 1. The van der Waals surface area contributed by atoms with Gasteiger partial charge < -0.3 is 24.1 Å². The second kappa shape index (κ2) is 28.4. The Bertz CT molecular complexity index is 3050. The first-order valence-electron chi connectivity index (χ1n) is 21.7. The SMILES string of the molecule is C=C(C)C(=O)NCCc1ccc(OC2=C(/C=C/C3=[N+](CCCS(=O)(=O)[O-])c4cc[c-]cc4C3(C)C)CCC/C2=C\C=C2\N(CCC)c3ccc(S(=O)(=O)[O-])cc3C2(C)C)cc1.O=S(=O)=O.O=S(=O)=O.[K+].[K+]. The molecule has 1 amide bonds. The van der Waals surface area contributed by atoms with E-state index in [1.165, 1.54) is 12.1 Å². The van der Waals surface area contributed by atoms with Crippen LogP contribution in [0.15, 0.2) is 125 Å². The number of carbonyl (C=O) groups is 1. The number of rotatable bonds is 16. The molecule has 3 aromatic carbocycles. The second-order valence-electron chi connectivity index (χ2n) is 17.4. The Kier molecular flexibility index (Phi) is 25.8. The number of fused-ring (bicyclic) bond motifs is 2. The van der Waals surface area contributed by atoms with E-state index in [4.69, 9.17) is 30.0 Å². The minimum absolute atomic E-state index is 0. The zero-order valence-corrected chi connectivity index (χ0v) is 50.6. The minimum Gasteiger partial charge on any atom is -0.748 e. The summed E-state index contributed by atoms with van der Waals surface area (Å²) >= 11 is 0. The third-order valence-corrected chi connectivity index (χ3v) is 13.3. The number of allylic oxidation sites excluding steroid dienone is 7. The van der Waals surface area contributed by atoms with Crippen molar-refractivity contribution in [1.82, 2.24) is 5.32 Å². The van der Waals surface area contributed by atoms with Gasteiger partial charge in [0, 0.05) is 59.1 Å². The van der Waals surface area contributed by atoms with Crippen LogP contribution in [-0.2, 0) is 63.5 Å². The van der Waals surface area contributed by atoms with E-state index in [9.17, 15) is 30.7 Å². The van der Waals surface area contributed by atoms with Crippen LogP contribution in [0.25, 0.3) is 0 Å². The zero-order chi connectivity index (χ0) is 51.5. The fourth-order valence-electron chi connectivity index (χ4n) is 8.50. The number of hydrogen-bond acceptors (Lipinski definition) is 15. The van der Waals surface area contributed by atoms with Crippen molar-refractivity contribution in [2.75, 3.05) is 30.3 Å². The molecule has 0 saturated carbocycles. The monoisotopic (exact) mass is 1100 g/mol. The van der Waals surface area contributed by atoms with Gasteiger partial charge in [-0.25, -0.2) is 21.4 Å². The summed E-state index contributed by atoms with van der Waals surface area (Å²) in [7, 11) is -15.3. The number of amides is 1. The van der Waals surface area contributed by atoms with Crippen molar-refractivity contribution in [2.24, 2.45) is 0 Å². The molecule has 0 unspecified atom stereocenters. The van der Waals surface area contributed by atoms with Crippen molar-refractivity contribution in [3.8, 4) is 5.75 Å². The summed E-state index contributed by atoms with van der Waals surface area (Å²) in [5, 5.41) is 2.87. The molecule has 1 N–H and O–H groups in total. The molecule has 6 rings (SSSR count). The number of nitrogens with zero attached hydrogens (tertiary/aromatic N) is 2. The van der Waals surface area contributed by atoms with Crippen LogP contribution in [0, 0.1) is 6.07 Å². The van der Waals surface area contributed by atoms with Crippen molar-refractivity contribution < 1.29 is 168 Å². The van der Waals surface area contributed by atoms with Gasteiger partial charge >= 0.3 is 124 Å². The maximum Gasteiger partial charge on any atom is 1.00 e. The van der Waals surface area contributed by atoms with E-state index >= 15 is 0 Å². The third-order valence-electron chi connectivity index (χ3n) is 11.7. The van der Waals surface area contributed by atoms with Crippen LogP contribution in [0.1, 0.15) is 90.3 Å². The van der Waals surface area contributed by atoms with Crippen molar-refractivity contribution >= 4 is 64.4 Å². The Morgan fingerprint density at radius 3 is 2.11 bits per heavy atom. The van der Waals surface area contributed by atoms with Crippen LogP contribution in [0.5, 0.6) is 5.75 Å². The van der Waals surface area contributed by atoms with Crippen molar-refractivity contribution in [3.63, 3.8) is 0 Å². The summed E-state index contributed by atoms with van der Waals surface area (Å²) in [4.78, 5) is 13.9. The van der Waals surface area contributed by atoms with Crippen molar-refractivity contribution in [2.45, 2.75) is 95.8 Å². The fourth-order valence-corrected chi connectivity index (χ4v) is 9.48. The maximum absolute atomic E-state index is 12.0. The molecule has 71 heavy (non-hydrogen) atoms. The Hall–Kier alpha value is -2.57. The Balaban J connectivity index is 0.00000161. The van der Waals surface area contributed by atoms with E-state index in [-0.39, 0.29) is 120 Å². The number of nitrogens with one attached hydrogen (secondary N) is 1. The van der Waals surface area contributed by atoms with Crippen LogP contribution in [0.4, 0.5) is 11.4 Å². The molecule has 3 aliphatic rings. The van der Waals surface area contributed by atoms with Gasteiger partial charge in [0.05, 0.1) is 15.0 Å². The molecule has 17 nitrogen and oxygen atoms in total. The summed E-state index contributed by atoms with van der Waals surface area (Å²) in [6.07, 6.45) is 12.3. The van der Waals surface area contributed by atoms with Gasteiger partial charge in [0.25, 0.3) is 0 Å². The molecule has 2 aliphatic heterocycles. The quantitative estimate of drug-likeness (QED) is 0.0653. The first-order valence-corrected chi connectivity index (χ1v) is 26.7. The fraction of sp³-hybridized carbons (Fsp3) is 0.375.